The molecule has 2 fully saturated rings. The number of aryl methyl sites for hydroxylation is 1. The maximum Gasteiger partial charge on any atom is 0.322 e. The van der Waals surface area contributed by atoms with Crippen molar-refractivity contribution in [3.63, 3.8) is 0 Å². The number of nitriles is 1. The van der Waals surface area contributed by atoms with E-state index in [1.165, 1.54) is 11.3 Å². The number of β-amino-alcohol motifs (C(OH)–C–C–N with tert-alkyl or cyclic N) is 1. The van der Waals surface area contributed by atoms with Gasteiger partial charge in [0, 0.05) is 23.0 Å². The fourth-order valence-electron chi connectivity index (χ4n) is 6.61. The largest absolute Gasteiger partial charge is 0.459 e. The average molecular weight is 628 g/mol. The highest BCUT2D eigenvalue weighted by Gasteiger charge is 2.43. The van der Waals surface area contributed by atoms with Crippen molar-refractivity contribution >= 4 is 22.3 Å². The summed E-state index contributed by atoms with van der Waals surface area (Å²) < 4.78 is 31.9. The van der Waals surface area contributed by atoms with Crippen molar-refractivity contribution in [2.24, 2.45) is 0 Å². The lowest BCUT2D eigenvalue weighted by Crippen LogP contribution is -2.45. The zero-order chi connectivity index (χ0) is 31.4. The van der Waals surface area contributed by atoms with Crippen molar-refractivity contribution in [1.29, 1.82) is 5.26 Å². The Morgan fingerprint density at radius 1 is 1.25 bits per heavy atom. The maximum atomic E-state index is 14.2. The molecule has 5 heterocycles. The molecule has 2 aliphatic heterocycles. The standard InChI is InChI=1S/C29H38FN9O4S/c1-15-12-41-14-28(3,40)13-39(15)26-34-23(35-27(36-26)42-16(2)19-9-17(30)11-38(19)5)24-33-25(43-37-24)29(4)8-6-7-20-21(29)18(10-31)22(32)44-20/h15-17,19,40H,6-9,11-14,32H2,1-5H3/t15-,16+,17-,19+,28+,29+/m1/s1. The van der Waals surface area contributed by atoms with Crippen molar-refractivity contribution in [1.82, 2.24) is 30.0 Å². The molecular weight excluding hydrogens is 589 g/mol. The van der Waals surface area contributed by atoms with Gasteiger partial charge >= 0.3 is 6.01 Å². The van der Waals surface area contributed by atoms with E-state index in [4.69, 9.17) is 29.7 Å². The number of nitrogen functional groups attached to an aromatic ring is 1. The second-order valence-electron chi connectivity index (χ2n) is 12.8. The number of alkyl halides is 1. The van der Waals surface area contributed by atoms with Gasteiger partial charge in [-0.3, -0.25) is 4.90 Å². The number of thiophene rings is 1. The van der Waals surface area contributed by atoms with Gasteiger partial charge in [0.1, 0.15) is 28.9 Å². The SMILES string of the molecule is C[C@H](Oc1nc(-c2noc([C@@]3(C)CCCc4sc(N)c(C#N)c43)n2)nc(N2C[C@](C)(O)COC[C@H]2C)n1)[C@@H]1C[C@@H](F)CN1C. The Hall–Kier alpha value is -3.45. The lowest BCUT2D eigenvalue weighted by molar-refractivity contribution is -0.0139. The molecule has 0 unspecified atom stereocenters. The molecule has 3 N–H and O–H groups in total. The zero-order valence-corrected chi connectivity index (χ0v) is 26.4. The minimum atomic E-state index is -1.15. The van der Waals surface area contributed by atoms with Crippen LogP contribution >= 0.6 is 11.3 Å². The first-order chi connectivity index (χ1) is 20.9. The number of nitrogens with zero attached hydrogens (tertiary/aromatic N) is 8. The van der Waals surface area contributed by atoms with Crippen LogP contribution in [-0.2, 0) is 16.6 Å². The quantitative estimate of drug-likeness (QED) is 0.409. The molecule has 0 saturated carbocycles. The predicted molar refractivity (Wildman–Crippen MR) is 160 cm³/mol. The lowest BCUT2D eigenvalue weighted by Gasteiger charge is -2.31. The van der Waals surface area contributed by atoms with Gasteiger partial charge in [0.2, 0.25) is 23.5 Å². The molecule has 1 aliphatic carbocycles. The number of likely N-dealkylation sites (N-methyl/N-ethyl adjacent to an activating group) is 1. The number of hydrogen-bond acceptors (Lipinski definition) is 14. The Kier molecular flexibility index (Phi) is 7.98. The zero-order valence-electron chi connectivity index (χ0n) is 25.6. The third-order valence-corrected chi connectivity index (χ3v) is 9.99. The number of anilines is 2. The van der Waals surface area contributed by atoms with Gasteiger partial charge in [-0.15, -0.1) is 11.3 Å². The Bertz CT molecular complexity index is 1570. The number of aromatic nitrogens is 5. The van der Waals surface area contributed by atoms with Crippen LogP contribution in [0.15, 0.2) is 4.52 Å². The molecule has 6 rings (SSSR count). The van der Waals surface area contributed by atoms with E-state index in [1.54, 1.807) is 6.92 Å². The van der Waals surface area contributed by atoms with Gasteiger partial charge < -0.3 is 29.7 Å². The number of aliphatic hydroxyl groups is 1. The smallest absolute Gasteiger partial charge is 0.322 e. The maximum absolute atomic E-state index is 14.2. The van der Waals surface area contributed by atoms with Gasteiger partial charge in [-0.05, 0) is 60.4 Å². The fourth-order valence-corrected chi connectivity index (χ4v) is 7.80. The molecule has 0 aromatic carbocycles. The molecule has 13 nitrogen and oxygen atoms in total. The molecule has 236 valence electrons. The highest BCUT2D eigenvalue weighted by Crippen LogP contribution is 2.48. The number of fused-ring (bicyclic) bond motifs is 1. The van der Waals surface area contributed by atoms with Crippen LogP contribution in [0.3, 0.4) is 0 Å². The Morgan fingerprint density at radius 2 is 2.05 bits per heavy atom. The van der Waals surface area contributed by atoms with Gasteiger partial charge in [-0.2, -0.15) is 25.2 Å². The second kappa shape index (κ2) is 11.5. The molecule has 15 heteroatoms. The van der Waals surface area contributed by atoms with Gasteiger partial charge in [-0.1, -0.05) is 5.16 Å². The number of hydrogen-bond donors (Lipinski definition) is 2. The summed E-state index contributed by atoms with van der Waals surface area (Å²) in [6.45, 7) is 8.56. The highest BCUT2D eigenvalue weighted by molar-refractivity contribution is 7.16. The first-order valence-corrected chi connectivity index (χ1v) is 15.7. The van der Waals surface area contributed by atoms with Crippen molar-refractivity contribution in [3.05, 3.63) is 21.9 Å². The van der Waals surface area contributed by atoms with Crippen LogP contribution in [0.4, 0.5) is 15.3 Å². The highest BCUT2D eigenvalue weighted by atomic mass is 32.1. The minimum Gasteiger partial charge on any atom is -0.459 e. The van der Waals surface area contributed by atoms with Crippen LogP contribution < -0.4 is 15.4 Å². The van der Waals surface area contributed by atoms with E-state index in [2.05, 4.69) is 21.2 Å². The first kappa shape index (κ1) is 30.6. The summed E-state index contributed by atoms with van der Waals surface area (Å²) in [5.74, 6) is 0.843. The van der Waals surface area contributed by atoms with Crippen LogP contribution in [0.2, 0.25) is 0 Å². The van der Waals surface area contributed by atoms with Crippen molar-refractivity contribution in [2.45, 2.75) is 88.8 Å². The van der Waals surface area contributed by atoms with Crippen molar-refractivity contribution < 1.29 is 23.5 Å². The fraction of sp³-hybridized carbons (Fsp3) is 0.655. The van der Waals surface area contributed by atoms with E-state index in [1.807, 2.05) is 37.6 Å². The third-order valence-electron chi connectivity index (χ3n) is 8.91. The van der Waals surface area contributed by atoms with Gasteiger partial charge in [0.15, 0.2) is 0 Å². The van der Waals surface area contributed by atoms with Crippen molar-refractivity contribution in [2.75, 3.05) is 44.0 Å². The summed E-state index contributed by atoms with van der Waals surface area (Å²) in [6.07, 6.45) is 1.40. The Labute approximate surface area is 259 Å². The summed E-state index contributed by atoms with van der Waals surface area (Å²) in [6, 6.07) is 1.95. The summed E-state index contributed by atoms with van der Waals surface area (Å²) in [7, 11) is 1.87. The molecule has 2 saturated heterocycles. The molecule has 3 aliphatic rings. The Morgan fingerprint density at radius 3 is 2.77 bits per heavy atom. The molecule has 0 radical (unpaired) electrons. The van der Waals surface area contributed by atoms with E-state index in [-0.39, 0.29) is 48.8 Å². The van der Waals surface area contributed by atoms with E-state index in [9.17, 15) is 14.8 Å². The molecular formula is C29H38FN9O4S. The Balaban J connectivity index is 1.39. The van der Waals surface area contributed by atoms with Crippen LogP contribution in [-0.4, -0.2) is 98.4 Å². The molecule has 6 atom stereocenters. The number of halogens is 1. The number of likely N-dealkylation sites (tertiary alicyclic amines) is 1. The first-order valence-electron chi connectivity index (χ1n) is 14.9. The van der Waals surface area contributed by atoms with E-state index in [0.717, 1.165) is 23.3 Å². The topological polar surface area (TPSA) is 173 Å². The van der Waals surface area contributed by atoms with Gasteiger partial charge in [0.05, 0.1) is 36.8 Å². The number of ether oxygens (including phenoxy) is 2. The predicted octanol–water partition coefficient (Wildman–Crippen LogP) is 2.86. The summed E-state index contributed by atoms with van der Waals surface area (Å²) >= 11 is 1.43. The molecule has 3 aromatic rings. The third kappa shape index (κ3) is 5.60. The molecule has 0 amide bonds. The summed E-state index contributed by atoms with van der Waals surface area (Å²) in [5.41, 5.74) is 5.63. The normalized spacial score (nSPS) is 30.0. The molecule has 3 aromatic heterocycles. The molecule has 44 heavy (non-hydrogen) atoms. The summed E-state index contributed by atoms with van der Waals surface area (Å²) in [4.78, 5) is 23.5. The van der Waals surface area contributed by atoms with Crippen LogP contribution in [0.25, 0.3) is 11.6 Å². The van der Waals surface area contributed by atoms with Crippen molar-refractivity contribution in [3.8, 4) is 23.7 Å². The summed E-state index contributed by atoms with van der Waals surface area (Å²) in [5, 5.41) is 25.6. The van der Waals surface area contributed by atoms with Crippen LogP contribution in [0, 0.1) is 11.3 Å². The monoisotopic (exact) mass is 627 g/mol. The lowest BCUT2D eigenvalue weighted by atomic mass is 9.72. The van der Waals surface area contributed by atoms with Crippen LogP contribution in [0.5, 0.6) is 6.01 Å². The minimum absolute atomic E-state index is 0.0279. The number of nitrogens with two attached hydrogens (primary N) is 1. The average Bonchev–Trinajstić information content (AvgIpc) is 3.66. The number of rotatable bonds is 6. The van der Waals surface area contributed by atoms with Gasteiger partial charge in [0.25, 0.3) is 0 Å². The second-order valence-corrected chi connectivity index (χ2v) is 13.9. The van der Waals surface area contributed by atoms with E-state index in [0.29, 0.717) is 42.4 Å². The van der Waals surface area contributed by atoms with Crippen LogP contribution in [0.1, 0.15) is 68.9 Å². The van der Waals surface area contributed by atoms with Gasteiger partial charge in [-0.25, -0.2) is 4.39 Å². The van der Waals surface area contributed by atoms with E-state index < -0.39 is 23.3 Å². The molecule has 0 bridgehead atoms. The van der Waals surface area contributed by atoms with E-state index >= 15 is 0 Å². The molecule has 0 spiro atoms.